The van der Waals surface area contributed by atoms with Crippen molar-refractivity contribution in [1.82, 2.24) is 10.3 Å². The number of pyridine rings is 1. The Kier molecular flexibility index (Phi) is 8.94. The topological polar surface area (TPSA) is 63.7 Å². The minimum Gasteiger partial charge on any atom is -0.496 e. The third-order valence-corrected chi connectivity index (χ3v) is 7.22. The number of anilines is 1. The predicted octanol–water partition coefficient (Wildman–Crippen LogP) is 5.97. The highest BCUT2D eigenvalue weighted by molar-refractivity contribution is 6.35. The molecule has 2 aromatic carbocycles. The lowest BCUT2D eigenvalue weighted by Crippen LogP contribution is -2.38. The number of carbonyl (C=O) groups excluding carboxylic acids is 1. The first-order chi connectivity index (χ1) is 17.4. The summed E-state index contributed by atoms with van der Waals surface area (Å²) in [6, 6.07) is 13.0. The number of amides is 1. The molecule has 0 aliphatic carbocycles. The van der Waals surface area contributed by atoms with Crippen LogP contribution in [0.4, 0.5) is 5.69 Å². The van der Waals surface area contributed by atoms with E-state index in [2.05, 4.69) is 15.2 Å². The Labute approximate surface area is 222 Å². The second kappa shape index (κ2) is 12.3. The van der Waals surface area contributed by atoms with E-state index in [0.717, 1.165) is 37.1 Å². The van der Waals surface area contributed by atoms with Crippen LogP contribution in [0.25, 0.3) is 0 Å². The summed E-state index contributed by atoms with van der Waals surface area (Å²) in [4.78, 5) is 19.5. The Bertz CT molecular complexity index is 1180. The van der Waals surface area contributed by atoms with Gasteiger partial charge in [0.05, 0.1) is 13.7 Å². The van der Waals surface area contributed by atoms with Crippen LogP contribution in [0.5, 0.6) is 11.5 Å². The van der Waals surface area contributed by atoms with Crippen LogP contribution in [0, 0.1) is 12.8 Å². The Balaban J connectivity index is 1.33. The molecule has 0 unspecified atom stereocenters. The van der Waals surface area contributed by atoms with Crippen LogP contribution in [0.3, 0.4) is 0 Å². The Morgan fingerprint density at radius 1 is 1.08 bits per heavy atom. The normalized spacial score (nSPS) is 13.9. The van der Waals surface area contributed by atoms with Gasteiger partial charge in [0.1, 0.15) is 11.5 Å². The first-order valence-corrected chi connectivity index (χ1v) is 12.9. The molecular weight excluding hydrogens is 497 g/mol. The molecular formula is C28H31Cl2N3O3. The molecule has 6 nitrogen and oxygen atoms in total. The van der Waals surface area contributed by atoms with E-state index in [4.69, 9.17) is 32.7 Å². The fraction of sp³-hybridized carbons (Fsp3) is 0.357. The Hall–Kier alpha value is -2.96. The third kappa shape index (κ3) is 6.62. The molecule has 0 radical (unpaired) electrons. The number of hydrogen-bond donors (Lipinski definition) is 1. The fourth-order valence-corrected chi connectivity index (χ4v) is 4.94. The minimum atomic E-state index is -0.129. The molecule has 1 amide bonds. The lowest BCUT2D eigenvalue weighted by Gasteiger charge is -2.33. The van der Waals surface area contributed by atoms with Crippen LogP contribution in [-0.2, 0) is 6.42 Å². The van der Waals surface area contributed by atoms with Crippen molar-refractivity contribution in [1.29, 1.82) is 0 Å². The number of rotatable bonds is 9. The molecule has 1 fully saturated rings. The molecule has 1 aliphatic rings. The van der Waals surface area contributed by atoms with Crippen LogP contribution in [0.15, 0.2) is 54.9 Å². The summed E-state index contributed by atoms with van der Waals surface area (Å²) in [6.45, 7) is 4.91. The quantitative estimate of drug-likeness (QED) is 0.371. The summed E-state index contributed by atoms with van der Waals surface area (Å²) in [5.41, 5.74) is 3.52. The second-order valence-corrected chi connectivity index (χ2v) is 9.83. The molecule has 0 atom stereocenters. The van der Waals surface area contributed by atoms with Gasteiger partial charge in [0.25, 0.3) is 5.91 Å². The van der Waals surface area contributed by atoms with Gasteiger partial charge in [-0.2, -0.15) is 0 Å². The van der Waals surface area contributed by atoms with Crippen molar-refractivity contribution in [3.05, 3.63) is 81.6 Å². The summed E-state index contributed by atoms with van der Waals surface area (Å²) >= 11 is 12.3. The highest BCUT2D eigenvalue weighted by atomic mass is 35.5. The smallest absolute Gasteiger partial charge is 0.251 e. The standard InChI is InChI=1S/C28H31Cl2N3O3/c1-19-26(35-2)15-22(16-27(19)36-14-9-21-3-4-23(29)17-25(21)30)28(34)32-18-20-7-12-33(13-8-20)24-5-10-31-11-6-24/h3-6,10-11,15-17,20H,7-9,12-14,18H2,1-2H3,(H,32,34). The number of ether oxygens (including phenoxy) is 2. The number of nitrogens with one attached hydrogen (secondary N) is 1. The molecule has 36 heavy (non-hydrogen) atoms. The highest BCUT2D eigenvalue weighted by Gasteiger charge is 2.21. The van der Waals surface area contributed by atoms with Gasteiger partial charge in [-0.3, -0.25) is 9.78 Å². The van der Waals surface area contributed by atoms with Crippen molar-refractivity contribution in [2.24, 2.45) is 5.92 Å². The number of benzene rings is 2. The van der Waals surface area contributed by atoms with E-state index in [1.54, 1.807) is 25.3 Å². The molecule has 0 spiro atoms. The third-order valence-electron chi connectivity index (χ3n) is 6.63. The average molecular weight is 528 g/mol. The van der Waals surface area contributed by atoms with Crippen molar-refractivity contribution in [2.75, 3.05) is 38.3 Å². The van der Waals surface area contributed by atoms with Crippen LogP contribution >= 0.6 is 23.2 Å². The maximum Gasteiger partial charge on any atom is 0.251 e. The van der Waals surface area contributed by atoms with Gasteiger partial charge in [0, 0.05) is 65.3 Å². The molecule has 4 rings (SSSR count). The average Bonchev–Trinajstić information content (AvgIpc) is 2.90. The molecule has 1 N–H and O–H groups in total. The molecule has 0 bridgehead atoms. The number of halogens is 2. The SMILES string of the molecule is COc1cc(C(=O)NCC2CCN(c3ccncc3)CC2)cc(OCCc2ccc(Cl)cc2Cl)c1C. The van der Waals surface area contributed by atoms with Gasteiger partial charge in [0.2, 0.25) is 0 Å². The lowest BCUT2D eigenvalue weighted by molar-refractivity contribution is 0.0944. The maximum absolute atomic E-state index is 13.0. The molecule has 1 aliphatic heterocycles. The molecule has 1 saturated heterocycles. The molecule has 190 valence electrons. The summed E-state index contributed by atoms with van der Waals surface area (Å²) < 4.78 is 11.6. The van der Waals surface area contributed by atoms with E-state index in [-0.39, 0.29) is 5.91 Å². The maximum atomic E-state index is 13.0. The first kappa shape index (κ1) is 26.1. The summed E-state index contributed by atoms with van der Waals surface area (Å²) in [5, 5.41) is 4.32. The van der Waals surface area contributed by atoms with Gasteiger partial charge in [-0.05, 0) is 67.6 Å². The van der Waals surface area contributed by atoms with Crippen LogP contribution < -0.4 is 19.7 Å². The summed E-state index contributed by atoms with van der Waals surface area (Å²) in [5.74, 6) is 1.55. The summed E-state index contributed by atoms with van der Waals surface area (Å²) in [7, 11) is 1.60. The van der Waals surface area contributed by atoms with E-state index in [0.29, 0.717) is 52.6 Å². The first-order valence-electron chi connectivity index (χ1n) is 12.1. The number of carbonyl (C=O) groups is 1. The number of nitrogens with zero attached hydrogens (tertiary/aromatic N) is 2. The van der Waals surface area contributed by atoms with Crippen molar-refractivity contribution in [2.45, 2.75) is 26.2 Å². The largest absolute Gasteiger partial charge is 0.496 e. The number of aromatic nitrogens is 1. The van der Waals surface area contributed by atoms with Crippen molar-refractivity contribution in [3.8, 4) is 11.5 Å². The molecule has 8 heteroatoms. The number of piperidine rings is 1. The van der Waals surface area contributed by atoms with Gasteiger partial charge >= 0.3 is 0 Å². The fourth-order valence-electron chi connectivity index (χ4n) is 4.44. The number of methoxy groups -OCH3 is 1. The van der Waals surface area contributed by atoms with E-state index >= 15 is 0 Å². The molecule has 0 saturated carbocycles. The van der Waals surface area contributed by atoms with Gasteiger partial charge in [-0.15, -0.1) is 0 Å². The predicted molar refractivity (Wildman–Crippen MR) is 145 cm³/mol. The highest BCUT2D eigenvalue weighted by Crippen LogP contribution is 2.30. The molecule has 2 heterocycles. The Morgan fingerprint density at radius 3 is 2.50 bits per heavy atom. The van der Waals surface area contributed by atoms with Crippen LogP contribution in [-0.4, -0.2) is 44.2 Å². The second-order valence-electron chi connectivity index (χ2n) is 8.98. The van der Waals surface area contributed by atoms with E-state index in [1.807, 2.05) is 43.6 Å². The van der Waals surface area contributed by atoms with Gasteiger partial charge < -0.3 is 19.7 Å². The van der Waals surface area contributed by atoms with Crippen molar-refractivity contribution in [3.63, 3.8) is 0 Å². The zero-order valence-corrected chi connectivity index (χ0v) is 22.1. The zero-order valence-electron chi connectivity index (χ0n) is 20.6. The van der Waals surface area contributed by atoms with Crippen LogP contribution in [0.1, 0.15) is 34.3 Å². The van der Waals surface area contributed by atoms with Gasteiger partial charge in [-0.1, -0.05) is 29.3 Å². The number of hydrogen-bond acceptors (Lipinski definition) is 5. The molecule has 3 aromatic rings. The van der Waals surface area contributed by atoms with Crippen molar-refractivity contribution < 1.29 is 14.3 Å². The Morgan fingerprint density at radius 2 is 1.81 bits per heavy atom. The van der Waals surface area contributed by atoms with Crippen LogP contribution in [0.2, 0.25) is 10.0 Å². The lowest BCUT2D eigenvalue weighted by atomic mass is 9.96. The van der Waals surface area contributed by atoms with E-state index in [9.17, 15) is 4.79 Å². The van der Waals surface area contributed by atoms with Crippen molar-refractivity contribution >= 4 is 34.8 Å². The minimum absolute atomic E-state index is 0.129. The molecule has 1 aromatic heterocycles. The zero-order chi connectivity index (χ0) is 25.5. The van der Waals surface area contributed by atoms with E-state index < -0.39 is 0 Å². The monoisotopic (exact) mass is 527 g/mol. The van der Waals surface area contributed by atoms with Gasteiger partial charge in [-0.25, -0.2) is 0 Å². The summed E-state index contributed by atoms with van der Waals surface area (Å²) in [6.07, 6.45) is 6.32. The van der Waals surface area contributed by atoms with E-state index in [1.165, 1.54) is 5.69 Å². The van der Waals surface area contributed by atoms with Gasteiger partial charge in [0.15, 0.2) is 0 Å².